The SMILES string of the molecule is Cc1ccnc2c1nc(CCl)n2CCOCC(C)C. The largest absolute Gasteiger partial charge is 0.379 e. The zero-order valence-corrected chi connectivity index (χ0v) is 12.4. The third kappa shape index (κ3) is 3.25. The Kier molecular flexibility index (Phi) is 4.77. The van der Waals surface area contributed by atoms with Gasteiger partial charge in [-0.15, -0.1) is 11.6 Å². The first-order valence-corrected chi connectivity index (χ1v) is 7.11. The highest BCUT2D eigenvalue weighted by molar-refractivity contribution is 6.16. The van der Waals surface area contributed by atoms with Crippen LogP contribution < -0.4 is 0 Å². The molecule has 5 heteroatoms. The van der Waals surface area contributed by atoms with Gasteiger partial charge in [-0.1, -0.05) is 13.8 Å². The van der Waals surface area contributed by atoms with Crippen LogP contribution in [0.5, 0.6) is 0 Å². The van der Waals surface area contributed by atoms with E-state index in [-0.39, 0.29) is 0 Å². The highest BCUT2D eigenvalue weighted by Gasteiger charge is 2.12. The maximum atomic E-state index is 5.97. The number of hydrogen-bond acceptors (Lipinski definition) is 3. The quantitative estimate of drug-likeness (QED) is 0.603. The summed E-state index contributed by atoms with van der Waals surface area (Å²) < 4.78 is 7.68. The van der Waals surface area contributed by atoms with E-state index < -0.39 is 0 Å². The Morgan fingerprint density at radius 2 is 2.21 bits per heavy atom. The number of aromatic nitrogens is 3. The van der Waals surface area contributed by atoms with E-state index in [2.05, 4.69) is 28.4 Å². The molecule has 0 aromatic carbocycles. The molecule has 0 bridgehead atoms. The molecule has 0 aliphatic carbocycles. The van der Waals surface area contributed by atoms with Crippen LogP contribution in [0.3, 0.4) is 0 Å². The van der Waals surface area contributed by atoms with Gasteiger partial charge in [-0.25, -0.2) is 9.97 Å². The fourth-order valence-corrected chi connectivity index (χ4v) is 2.20. The summed E-state index contributed by atoms with van der Waals surface area (Å²) in [5.41, 5.74) is 2.95. The molecule has 0 aliphatic rings. The minimum Gasteiger partial charge on any atom is -0.379 e. The van der Waals surface area contributed by atoms with Crippen molar-refractivity contribution in [1.82, 2.24) is 14.5 Å². The minimum atomic E-state index is 0.389. The van der Waals surface area contributed by atoms with Gasteiger partial charge < -0.3 is 9.30 Å². The first-order chi connectivity index (χ1) is 9.13. The van der Waals surface area contributed by atoms with Gasteiger partial charge >= 0.3 is 0 Å². The van der Waals surface area contributed by atoms with Crippen LogP contribution >= 0.6 is 11.6 Å². The molecule has 0 spiro atoms. The fourth-order valence-electron chi connectivity index (χ4n) is 2.00. The molecule has 0 aliphatic heterocycles. The van der Waals surface area contributed by atoms with Crippen molar-refractivity contribution < 1.29 is 4.74 Å². The summed E-state index contributed by atoms with van der Waals surface area (Å²) in [5, 5.41) is 0. The van der Waals surface area contributed by atoms with E-state index in [1.807, 2.05) is 19.2 Å². The smallest absolute Gasteiger partial charge is 0.160 e. The third-order valence-corrected chi connectivity index (χ3v) is 3.18. The number of ether oxygens (including phenoxy) is 1. The van der Waals surface area contributed by atoms with E-state index in [4.69, 9.17) is 16.3 Å². The summed E-state index contributed by atoms with van der Waals surface area (Å²) in [7, 11) is 0. The monoisotopic (exact) mass is 281 g/mol. The Morgan fingerprint density at radius 1 is 1.42 bits per heavy atom. The van der Waals surface area contributed by atoms with Gasteiger partial charge in [-0.3, -0.25) is 0 Å². The van der Waals surface area contributed by atoms with E-state index in [0.717, 1.165) is 35.7 Å². The molecule has 104 valence electrons. The molecule has 0 atom stereocenters. The predicted molar refractivity (Wildman–Crippen MR) is 77.5 cm³/mol. The predicted octanol–water partition coefficient (Wildman–Crippen LogP) is 3.15. The van der Waals surface area contributed by atoms with Gasteiger partial charge in [-0.2, -0.15) is 0 Å². The summed E-state index contributed by atoms with van der Waals surface area (Å²) >= 11 is 5.97. The van der Waals surface area contributed by atoms with Crippen LogP contribution in [0, 0.1) is 12.8 Å². The summed E-state index contributed by atoms with van der Waals surface area (Å²) in [6.45, 7) is 8.48. The average molecular weight is 282 g/mol. The molecule has 2 aromatic heterocycles. The van der Waals surface area contributed by atoms with Crippen molar-refractivity contribution in [3.8, 4) is 0 Å². The van der Waals surface area contributed by atoms with Crippen LogP contribution in [0.4, 0.5) is 0 Å². The molecule has 0 N–H and O–H groups in total. The van der Waals surface area contributed by atoms with E-state index in [1.54, 1.807) is 0 Å². The second-order valence-corrected chi connectivity index (χ2v) is 5.35. The molecule has 0 amide bonds. The molecule has 0 radical (unpaired) electrons. The molecule has 0 fully saturated rings. The molecular weight excluding hydrogens is 262 g/mol. The van der Waals surface area contributed by atoms with Crippen LogP contribution in [0.1, 0.15) is 25.2 Å². The standard InChI is InChI=1S/C14H20ClN3O/c1-10(2)9-19-7-6-18-12(8-15)17-13-11(3)4-5-16-14(13)18/h4-5,10H,6-9H2,1-3H3. The van der Waals surface area contributed by atoms with E-state index >= 15 is 0 Å². The van der Waals surface area contributed by atoms with Crippen LogP contribution in [0.2, 0.25) is 0 Å². The number of nitrogens with zero attached hydrogens (tertiary/aromatic N) is 3. The second-order valence-electron chi connectivity index (χ2n) is 5.08. The number of hydrogen-bond donors (Lipinski definition) is 0. The zero-order valence-electron chi connectivity index (χ0n) is 11.7. The highest BCUT2D eigenvalue weighted by Crippen LogP contribution is 2.18. The van der Waals surface area contributed by atoms with Crippen molar-refractivity contribution in [2.24, 2.45) is 5.92 Å². The van der Waals surface area contributed by atoms with Gasteiger partial charge in [0.1, 0.15) is 11.3 Å². The maximum absolute atomic E-state index is 5.97. The van der Waals surface area contributed by atoms with Gasteiger partial charge in [0.25, 0.3) is 0 Å². The van der Waals surface area contributed by atoms with E-state index in [9.17, 15) is 0 Å². The topological polar surface area (TPSA) is 39.9 Å². The zero-order chi connectivity index (χ0) is 13.8. The van der Waals surface area contributed by atoms with Crippen molar-refractivity contribution in [3.63, 3.8) is 0 Å². The van der Waals surface area contributed by atoms with Crippen LogP contribution in [0.15, 0.2) is 12.3 Å². The Balaban J connectivity index is 2.18. The highest BCUT2D eigenvalue weighted by atomic mass is 35.5. The number of aryl methyl sites for hydroxylation is 1. The van der Waals surface area contributed by atoms with Gasteiger partial charge in [0.05, 0.1) is 12.5 Å². The Morgan fingerprint density at radius 3 is 2.89 bits per heavy atom. The number of halogens is 1. The summed E-state index contributed by atoms with van der Waals surface area (Å²) in [6, 6.07) is 1.97. The summed E-state index contributed by atoms with van der Waals surface area (Å²) in [5.74, 6) is 1.79. The lowest BCUT2D eigenvalue weighted by Gasteiger charge is -2.09. The molecule has 19 heavy (non-hydrogen) atoms. The van der Waals surface area contributed by atoms with Crippen molar-refractivity contribution in [1.29, 1.82) is 0 Å². The lowest BCUT2D eigenvalue weighted by molar-refractivity contribution is 0.103. The first-order valence-electron chi connectivity index (χ1n) is 6.58. The van der Waals surface area contributed by atoms with Crippen LogP contribution in [-0.4, -0.2) is 27.7 Å². The summed E-state index contributed by atoms with van der Waals surface area (Å²) in [4.78, 5) is 8.97. The lowest BCUT2D eigenvalue weighted by atomic mass is 10.2. The Hall–Kier alpha value is -1.13. The van der Waals surface area contributed by atoms with Gasteiger partial charge in [0.15, 0.2) is 5.65 Å². The molecule has 2 heterocycles. The molecule has 2 rings (SSSR count). The normalized spacial score (nSPS) is 11.6. The molecular formula is C14H20ClN3O. The number of pyridine rings is 1. The average Bonchev–Trinajstić information content (AvgIpc) is 2.74. The van der Waals surface area contributed by atoms with Crippen molar-refractivity contribution >= 4 is 22.8 Å². The van der Waals surface area contributed by atoms with Crippen molar-refractivity contribution in [2.75, 3.05) is 13.2 Å². The summed E-state index contributed by atoms with van der Waals surface area (Å²) in [6.07, 6.45) is 1.81. The molecule has 0 unspecified atom stereocenters. The van der Waals surface area contributed by atoms with Crippen molar-refractivity contribution in [2.45, 2.75) is 33.2 Å². The minimum absolute atomic E-state index is 0.389. The van der Waals surface area contributed by atoms with E-state index in [1.165, 1.54) is 0 Å². The molecule has 2 aromatic rings. The molecule has 0 saturated carbocycles. The number of imidazole rings is 1. The molecule has 4 nitrogen and oxygen atoms in total. The first kappa shape index (κ1) is 14.3. The van der Waals surface area contributed by atoms with Crippen LogP contribution in [0.25, 0.3) is 11.2 Å². The number of alkyl halides is 1. The van der Waals surface area contributed by atoms with Gasteiger partial charge in [0.2, 0.25) is 0 Å². The fraction of sp³-hybridized carbons (Fsp3) is 0.571. The number of fused-ring (bicyclic) bond motifs is 1. The maximum Gasteiger partial charge on any atom is 0.160 e. The van der Waals surface area contributed by atoms with Crippen molar-refractivity contribution in [3.05, 3.63) is 23.7 Å². The molecule has 0 saturated heterocycles. The lowest BCUT2D eigenvalue weighted by Crippen LogP contribution is -2.11. The van der Waals surface area contributed by atoms with E-state index in [0.29, 0.717) is 18.4 Å². The second kappa shape index (κ2) is 6.35. The third-order valence-electron chi connectivity index (χ3n) is 2.94. The number of rotatable bonds is 6. The Labute approximate surface area is 118 Å². The van der Waals surface area contributed by atoms with Gasteiger partial charge in [-0.05, 0) is 24.5 Å². The van der Waals surface area contributed by atoms with Crippen LogP contribution in [-0.2, 0) is 17.2 Å². The Bertz CT molecular complexity index is 551. The van der Waals surface area contributed by atoms with Gasteiger partial charge in [0, 0.05) is 19.3 Å².